The summed E-state index contributed by atoms with van der Waals surface area (Å²) in [5.74, 6) is 0.00163. The van der Waals surface area contributed by atoms with E-state index in [2.05, 4.69) is 15.4 Å². The van der Waals surface area contributed by atoms with Gasteiger partial charge in [0.1, 0.15) is 11.9 Å². The number of nitrogens with zero attached hydrogens (tertiary/aromatic N) is 3. The van der Waals surface area contributed by atoms with E-state index in [9.17, 15) is 9.18 Å². The van der Waals surface area contributed by atoms with Gasteiger partial charge < -0.3 is 11.1 Å². The van der Waals surface area contributed by atoms with Crippen LogP contribution in [0.5, 0.6) is 0 Å². The molecule has 3 aromatic rings. The first-order chi connectivity index (χ1) is 14.0. The maximum atomic E-state index is 13.9. The van der Waals surface area contributed by atoms with E-state index in [4.69, 9.17) is 17.3 Å². The zero-order valence-corrected chi connectivity index (χ0v) is 17.0. The van der Waals surface area contributed by atoms with Gasteiger partial charge in [0.25, 0.3) is 0 Å². The first-order valence-corrected chi connectivity index (χ1v) is 10.2. The minimum atomic E-state index is -0.604. The van der Waals surface area contributed by atoms with Gasteiger partial charge in [-0.2, -0.15) is 4.98 Å². The molecule has 1 atom stereocenters. The lowest BCUT2D eigenvalue weighted by Gasteiger charge is -2.28. The van der Waals surface area contributed by atoms with Crippen molar-refractivity contribution in [1.82, 2.24) is 14.8 Å². The number of halogens is 2. The summed E-state index contributed by atoms with van der Waals surface area (Å²) in [5.41, 5.74) is 7.87. The average Bonchev–Trinajstić information content (AvgIpc) is 3.09. The smallest absolute Gasteiger partial charge is 0.248 e. The molecule has 1 unspecified atom stereocenters. The van der Waals surface area contributed by atoms with Crippen molar-refractivity contribution >= 4 is 35.2 Å². The van der Waals surface area contributed by atoms with Gasteiger partial charge in [0.2, 0.25) is 17.0 Å². The molecule has 6 nitrogen and oxygen atoms in total. The van der Waals surface area contributed by atoms with E-state index in [1.165, 1.54) is 17.8 Å². The summed E-state index contributed by atoms with van der Waals surface area (Å²) in [4.78, 5) is 16.7. The van der Waals surface area contributed by atoms with Crippen molar-refractivity contribution in [1.29, 1.82) is 0 Å². The van der Waals surface area contributed by atoms with Crippen molar-refractivity contribution < 1.29 is 9.18 Å². The molecule has 2 heterocycles. The van der Waals surface area contributed by atoms with E-state index in [0.717, 1.165) is 0 Å². The quantitative estimate of drug-likeness (QED) is 0.595. The Balaban J connectivity index is 1.72. The van der Waals surface area contributed by atoms with Gasteiger partial charge in [-0.15, -0.1) is 5.10 Å². The molecule has 0 fully saturated rings. The molecule has 0 radical (unpaired) electrons. The monoisotopic (exact) mass is 429 g/mol. The van der Waals surface area contributed by atoms with Crippen LogP contribution < -0.4 is 11.1 Å². The number of aromatic nitrogens is 3. The third-order valence-electron chi connectivity index (χ3n) is 4.61. The van der Waals surface area contributed by atoms with Gasteiger partial charge in [-0.3, -0.25) is 4.79 Å². The largest absolute Gasteiger partial charge is 0.366 e. The number of nitrogens with two attached hydrogens (primary N) is 1. The van der Waals surface area contributed by atoms with Gasteiger partial charge in [-0.1, -0.05) is 59.8 Å². The summed E-state index contributed by atoms with van der Waals surface area (Å²) in [7, 11) is 0. The number of primary amides is 1. The third kappa shape index (κ3) is 3.73. The van der Waals surface area contributed by atoms with E-state index in [-0.39, 0.29) is 5.82 Å². The van der Waals surface area contributed by atoms with Crippen LogP contribution >= 0.6 is 23.4 Å². The second-order valence-corrected chi connectivity index (χ2v) is 7.84. The predicted molar refractivity (Wildman–Crippen MR) is 111 cm³/mol. The highest BCUT2D eigenvalue weighted by atomic mass is 35.5. The summed E-state index contributed by atoms with van der Waals surface area (Å²) in [6.07, 6.45) is 0. The Morgan fingerprint density at radius 1 is 1.28 bits per heavy atom. The minimum absolute atomic E-state index is 0.274. The number of fused-ring (bicyclic) bond motifs is 1. The first-order valence-electron chi connectivity index (χ1n) is 8.80. The number of amides is 1. The van der Waals surface area contributed by atoms with Crippen LogP contribution in [0.15, 0.2) is 65.0 Å². The highest BCUT2D eigenvalue weighted by molar-refractivity contribution is 7.98. The lowest BCUT2D eigenvalue weighted by molar-refractivity contribution is -0.115. The van der Waals surface area contributed by atoms with Crippen LogP contribution in [0.2, 0.25) is 5.02 Å². The van der Waals surface area contributed by atoms with E-state index >= 15 is 0 Å². The van der Waals surface area contributed by atoms with Gasteiger partial charge in [0, 0.05) is 22.0 Å². The number of allylic oxidation sites excluding steroid dienone is 1. The van der Waals surface area contributed by atoms with E-state index < -0.39 is 11.9 Å². The maximum Gasteiger partial charge on any atom is 0.248 e. The van der Waals surface area contributed by atoms with Crippen LogP contribution in [0, 0.1) is 5.82 Å². The van der Waals surface area contributed by atoms with Crippen molar-refractivity contribution in [2.45, 2.75) is 23.9 Å². The molecule has 29 heavy (non-hydrogen) atoms. The second-order valence-electron chi connectivity index (χ2n) is 6.49. The Hall–Kier alpha value is -2.84. The molecule has 1 aromatic heterocycles. The number of carbonyl (C=O) groups is 1. The van der Waals surface area contributed by atoms with Crippen molar-refractivity contribution in [3.63, 3.8) is 0 Å². The summed E-state index contributed by atoms with van der Waals surface area (Å²) in [5, 5.41) is 8.57. The number of benzene rings is 2. The van der Waals surface area contributed by atoms with Gasteiger partial charge in [0.05, 0.1) is 5.57 Å². The van der Waals surface area contributed by atoms with Crippen molar-refractivity contribution in [2.75, 3.05) is 5.32 Å². The van der Waals surface area contributed by atoms with Gasteiger partial charge >= 0.3 is 0 Å². The molecule has 0 bridgehead atoms. The molecular weight excluding hydrogens is 413 g/mol. The van der Waals surface area contributed by atoms with Crippen LogP contribution in [0.4, 0.5) is 10.3 Å². The summed E-state index contributed by atoms with van der Waals surface area (Å²) >= 11 is 7.71. The molecule has 0 spiro atoms. The number of hydrogen-bond acceptors (Lipinski definition) is 5. The number of nitrogens with one attached hydrogen (secondary N) is 1. The zero-order valence-electron chi connectivity index (χ0n) is 15.4. The molecule has 3 N–H and O–H groups in total. The van der Waals surface area contributed by atoms with Crippen LogP contribution in [-0.4, -0.2) is 20.7 Å². The molecule has 1 aliphatic rings. The number of hydrogen-bond donors (Lipinski definition) is 2. The first kappa shape index (κ1) is 19.5. The van der Waals surface area contributed by atoms with Crippen molar-refractivity contribution in [2.24, 2.45) is 5.73 Å². The number of carbonyl (C=O) groups excluding carboxylic acids is 1. The normalized spacial score (nSPS) is 15.8. The van der Waals surface area contributed by atoms with Gasteiger partial charge in [-0.05, 0) is 24.6 Å². The molecule has 4 rings (SSSR count). The lowest BCUT2D eigenvalue weighted by atomic mass is 9.95. The summed E-state index contributed by atoms with van der Waals surface area (Å²) < 4.78 is 15.5. The van der Waals surface area contributed by atoms with Gasteiger partial charge in [0.15, 0.2) is 0 Å². The SMILES string of the molecule is CC1=C(C(N)=O)C(c2ccccc2Cl)n2nc(SCc3ccccc3F)nc2N1. The fraction of sp³-hybridized carbons (Fsp3) is 0.150. The van der Waals surface area contributed by atoms with Crippen molar-refractivity contribution in [3.05, 3.63) is 81.8 Å². The molecule has 148 valence electrons. The average molecular weight is 430 g/mol. The number of rotatable bonds is 5. The zero-order chi connectivity index (χ0) is 20.5. The molecule has 1 amide bonds. The highest BCUT2D eigenvalue weighted by Crippen LogP contribution is 2.38. The molecule has 9 heteroatoms. The van der Waals surface area contributed by atoms with Crippen LogP contribution in [0.1, 0.15) is 24.1 Å². The molecule has 0 aliphatic carbocycles. The number of anilines is 1. The molecule has 1 aliphatic heterocycles. The molecular formula is C20H17ClFN5OS. The Bertz CT molecular complexity index is 1130. The highest BCUT2D eigenvalue weighted by Gasteiger charge is 2.34. The fourth-order valence-corrected chi connectivity index (χ4v) is 4.31. The fourth-order valence-electron chi connectivity index (χ4n) is 3.25. The number of thioether (sulfide) groups is 1. The minimum Gasteiger partial charge on any atom is -0.366 e. The predicted octanol–water partition coefficient (Wildman–Crippen LogP) is 4.14. The van der Waals surface area contributed by atoms with Crippen LogP contribution in [0.3, 0.4) is 0 Å². The van der Waals surface area contributed by atoms with Crippen molar-refractivity contribution in [3.8, 4) is 0 Å². The van der Waals surface area contributed by atoms with Crippen LogP contribution in [0.25, 0.3) is 0 Å². The third-order valence-corrected chi connectivity index (χ3v) is 5.84. The second kappa shape index (κ2) is 7.88. The molecule has 0 saturated heterocycles. The Kier molecular flexibility index (Phi) is 5.29. The molecule has 0 saturated carbocycles. The summed E-state index contributed by atoms with van der Waals surface area (Å²) in [6, 6.07) is 13.2. The topological polar surface area (TPSA) is 85.8 Å². The molecule has 2 aromatic carbocycles. The maximum absolute atomic E-state index is 13.9. The Morgan fingerprint density at radius 2 is 2.00 bits per heavy atom. The van der Waals surface area contributed by atoms with E-state index in [1.807, 2.05) is 18.2 Å². The van der Waals surface area contributed by atoms with E-state index in [1.54, 1.807) is 35.9 Å². The Labute approximate surface area is 176 Å². The van der Waals surface area contributed by atoms with E-state index in [0.29, 0.717) is 44.3 Å². The van der Waals surface area contributed by atoms with Crippen LogP contribution in [-0.2, 0) is 10.5 Å². The summed E-state index contributed by atoms with van der Waals surface area (Å²) in [6.45, 7) is 1.76. The Morgan fingerprint density at radius 3 is 2.72 bits per heavy atom. The van der Waals surface area contributed by atoms with Gasteiger partial charge in [-0.25, -0.2) is 9.07 Å². The standard InChI is InChI=1S/C20H17ClFN5OS/c1-11-16(18(23)28)17(13-7-3-4-8-14(13)21)27-19(24-11)25-20(26-27)29-10-12-6-2-5-9-15(12)22/h2-9,17H,10H2,1H3,(H2,23,28)(H,24,25,26). The lowest BCUT2D eigenvalue weighted by Crippen LogP contribution is -2.32.